The summed E-state index contributed by atoms with van der Waals surface area (Å²) in [5, 5.41) is 4.62. The van der Waals surface area contributed by atoms with Crippen LogP contribution in [-0.2, 0) is 25.8 Å². The molecule has 2 unspecified atom stereocenters. The van der Waals surface area contributed by atoms with Crippen molar-refractivity contribution in [3.8, 4) is 11.5 Å². The molecule has 2 aromatic rings. The number of aryl methyl sites for hydroxylation is 2. The number of rotatable bonds is 3. The van der Waals surface area contributed by atoms with E-state index in [4.69, 9.17) is 4.98 Å². The molecule has 0 radical (unpaired) electrons. The van der Waals surface area contributed by atoms with Gasteiger partial charge < -0.3 is 4.98 Å². The molecule has 1 aliphatic rings. The van der Waals surface area contributed by atoms with Crippen molar-refractivity contribution in [2.45, 2.75) is 53.5 Å². The molecule has 0 aliphatic heterocycles. The number of hydrogen-bond acceptors (Lipinski definition) is 2. The Morgan fingerprint density at radius 1 is 1.25 bits per heavy atom. The zero-order valence-corrected chi connectivity index (χ0v) is 12.9. The highest BCUT2D eigenvalue weighted by molar-refractivity contribution is 5.52. The van der Waals surface area contributed by atoms with E-state index in [-0.39, 0.29) is 0 Å². The monoisotopic (exact) mass is 272 g/mol. The Morgan fingerprint density at radius 2 is 2.00 bits per heavy atom. The SMILES string of the molecule is CCc1cc(-c2nc3c([nH]2)CC(C)C(C)C3)n(CC)n1. The van der Waals surface area contributed by atoms with Crippen LogP contribution in [0.1, 0.15) is 44.8 Å². The van der Waals surface area contributed by atoms with Crippen molar-refractivity contribution in [2.75, 3.05) is 0 Å². The highest BCUT2D eigenvalue weighted by Gasteiger charge is 2.26. The van der Waals surface area contributed by atoms with E-state index >= 15 is 0 Å². The number of nitrogens with one attached hydrogen (secondary N) is 1. The lowest BCUT2D eigenvalue weighted by atomic mass is 9.82. The number of fused-ring (bicyclic) bond motifs is 1. The van der Waals surface area contributed by atoms with Crippen LogP contribution in [0.25, 0.3) is 11.5 Å². The summed E-state index contributed by atoms with van der Waals surface area (Å²) in [7, 11) is 0. The fraction of sp³-hybridized carbons (Fsp3) is 0.625. The van der Waals surface area contributed by atoms with Gasteiger partial charge in [0.25, 0.3) is 0 Å². The number of H-pyrrole nitrogens is 1. The van der Waals surface area contributed by atoms with Crippen molar-refractivity contribution in [3.05, 3.63) is 23.1 Å². The van der Waals surface area contributed by atoms with Crippen molar-refractivity contribution in [2.24, 2.45) is 11.8 Å². The van der Waals surface area contributed by atoms with Crippen LogP contribution in [0.2, 0.25) is 0 Å². The molecule has 0 saturated carbocycles. The van der Waals surface area contributed by atoms with Crippen LogP contribution < -0.4 is 0 Å². The van der Waals surface area contributed by atoms with Crippen molar-refractivity contribution < 1.29 is 0 Å². The molecule has 0 fully saturated rings. The second kappa shape index (κ2) is 5.08. The molecule has 0 spiro atoms. The topological polar surface area (TPSA) is 46.5 Å². The summed E-state index contributed by atoms with van der Waals surface area (Å²) >= 11 is 0. The van der Waals surface area contributed by atoms with Gasteiger partial charge in [0, 0.05) is 12.2 Å². The van der Waals surface area contributed by atoms with E-state index in [1.807, 2.05) is 0 Å². The fourth-order valence-electron chi connectivity index (χ4n) is 3.01. The normalized spacial score (nSPS) is 22.0. The lowest BCUT2D eigenvalue weighted by Crippen LogP contribution is -2.20. The van der Waals surface area contributed by atoms with Gasteiger partial charge in [-0.25, -0.2) is 4.98 Å². The summed E-state index contributed by atoms with van der Waals surface area (Å²) < 4.78 is 2.05. The first-order valence-electron chi connectivity index (χ1n) is 7.77. The Bertz CT molecular complexity index is 581. The van der Waals surface area contributed by atoms with Gasteiger partial charge in [0.15, 0.2) is 5.82 Å². The quantitative estimate of drug-likeness (QED) is 0.932. The molecule has 0 saturated heterocycles. The Labute approximate surface area is 120 Å². The van der Waals surface area contributed by atoms with Crippen LogP contribution in [0.5, 0.6) is 0 Å². The number of aromatic amines is 1. The minimum absolute atomic E-state index is 0.723. The van der Waals surface area contributed by atoms with Crippen LogP contribution in [0, 0.1) is 11.8 Å². The summed E-state index contributed by atoms with van der Waals surface area (Å²) in [4.78, 5) is 8.39. The molecule has 4 nitrogen and oxygen atoms in total. The molecule has 0 bridgehead atoms. The maximum absolute atomic E-state index is 4.85. The molecule has 1 aliphatic carbocycles. The average Bonchev–Trinajstić information content (AvgIpc) is 3.02. The number of aromatic nitrogens is 4. The molecule has 2 aromatic heterocycles. The van der Waals surface area contributed by atoms with Gasteiger partial charge in [-0.2, -0.15) is 5.10 Å². The molecule has 108 valence electrons. The molecule has 2 atom stereocenters. The summed E-state index contributed by atoms with van der Waals surface area (Å²) in [5.74, 6) is 2.45. The molecule has 2 heterocycles. The molecule has 1 N–H and O–H groups in total. The van der Waals surface area contributed by atoms with E-state index in [1.165, 1.54) is 11.4 Å². The number of hydrogen-bond donors (Lipinski definition) is 1. The lowest BCUT2D eigenvalue weighted by molar-refractivity contribution is 0.355. The van der Waals surface area contributed by atoms with Crippen molar-refractivity contribution in [1.82, 2.24) is 19.7 Å². The molecule has 20 heavy (non-hydrogen) atoms. The van der Waals surface area contributed by atoms with Crippen LogP contribution in [0.15, 0.2) is 6.07 Å². The summed E-state index contributed by atoms with van der Waals surface area (Å²) in [6.07, 6.45) is 3.17. The van der Waals surface area contributed by atoms with Gasteiger partial charge in [-0.15, -0.1) is 0 Å². The predicted molar refractivity (Wildman–Crippen MR) is 80.6 cm³/mol. The first kappa shape index (κ1) is 13.4. The predicted octanol–water partition coefficient (Wildman–Crippen LogP) is 3.23. The molecular weight excluding hydrogens is 248 g/mol. The Hall–Kier alpha value is -1.58. The zero-order valence-electron chi connectivity index (χ0n) is 12.9. The minimum Gasteiger partial charge on any atom is -0.340 e. The van der Waals surface area contributed by atoms with Gasteiger partial charge in [-0.3, -0.25) is 4.68 Å². The number of imidazole rings is 1. The first-order valence-corrected chi connectivity index (χ1v) is 7.77. The first-order chi connectivity index (χ1) is 9.62. The summed E-state index contributed by atoms with van der Waals surface area (Å²) in [6.45, 7) is 9.81. The van der Waals surface area contributed by atoms with Gasteiger partial charge in [0.05, 0.1) is 11.4 Å². The fourth-order valence-corrected chi connectivity index (χ4v) is 3.01. The third kappa shape index (κ3) is 2.17. The second-order valence-electron chi connectivity index (χ2n) is 6.06. The van der Waals surface area contributed by atoms with Crippen LogP contribution in [0.3, 0.4) is 0 Å². The molecule has 0 aromatic carbocycles. The molecular formula is C16H24N4. The van der Waals surface area contributed by atoms with Gasteiger partial charge in [0.1, 0.15) is 5.69 Å². The average molecular weight is 272 g/mol. The minimum atomic E-state index is 0.723. The zero-order chi connectivity index (χ0) is 14.3. The maximum atomic E-state index is 4.85. The second-order valence-corrected chi connectivity index (χ2v) is 6.06. The smallest absolute Gasteiger partial charge is 0.156 e. The third-order valence-corrected chi connectivity index (χ3v) is 4.61. The largest absolute Gasteiger partial charge is 0.340 e. The van der Waals surface area contributed by atoms with Gasteiger partial charge in [0.2, 0.25) is 0 Å². The number of nitrogens with zero attached hydrogens (tertiary/aromatic N) is 3. The van der Waals surface area contributed by atoms with E-state index < -0.39 is 0 Å². The van der Waals surface area contributed by atoms with E-state index in [1.54, 1.807) is 0 Å². The third-order valence-electron chi connectivity index (χ3n) is 4.61. The van der Waals surface area contributed by atoms with Gasteiger partial charge >= 0.3 is 0 Å². The van der Waals surface area contributed by atoms with E-state index in [9.17, 15) is 0 Å². The van der Waals surface area contributed by atoms with E-state index in [2.05, 4.69) is 48.5 Å². The molecule has 4 heteroatoms. The van der Waals surface area contributed by atoms with Crippen molar-refractivity contribution in [1.29, 1.82) is 0 Å². The van der Waals surface area contributed by atoms with Crippen LogP contribution in [0.4, 0.5) is 0 Å². The van der Waals surface area contributed by atoms with Crippen molar-refractivity contribution in [3.63, 3.8) is 0 Å². The highest BCUT2D eigenvalue weighted by Crippen LogP contribution is 2.30. The summed E-state index contributed by atoms with van der Waals surface area (Å²) in [6, 6.07) is 2.17. The van der Waals surface area contributed by atoms with Gasteiger partial charge in [-0.1, -0.05) is 20.8 Å². The van der Waals surface area contributed by atoms with Crippen LogP contribution in [-0.4, -0.2) is 19.7 Å². The molecule has 0 amide bonds. The Balaban J connectivity index is 2.00. The summed E-state index contributed by atoms with van der Waals surface area (Å²) in [5.41, 5.74) is 4.84. The van der Waals surface area contributed by atoms with Crippen LogP contribution >= 0.6 is 0 Å². The van der Waals surface area contributed by atoms with Gasteiger partial charge in [-0.05, 0) is 44.1 Å². The maximum Gasteiger partial charge on any atom is 0.156 e. The highest BCUT2D eigenvalue weighted by atomic mass is 15.3. The Morgan fingerprint density at radius 3 is 2.70 bits per heavy atom. The standard InChI is InChI=1S/C16H24N4/c1-5-12-9-15(20(6-2)19-12)16-17-13-7-10(3)11(4)8-14(13)18-16/h9-11H,5-8H2,1-4H3,(H,17,18). The Kier molecular flexibility index (Phi) is 3.40. The molecule has 3 rings (SSSR count). The van der Waals surface area contributed by atoms with E-state index in [0.29, 0.717) is 0 Å². The van der Waals surface area contributed by atoms with Crippen molar-refractivity contribution >= 4 is 0 Å². The lowest BCUT2D eigenvalue weighted by Gasteiger charge is -2.24. The van der Waals surface area contributed by atoms with E-state index in [0.717, 1.165) is 54.9 Å².